The van der Waals surface area contributed by atoms with E-state index in [0.29, 0.717) is 38.1 Å². The molecule has 0 saturated carbocycles. The molecule has 4 heterocycles. The smallest absolute Gasteiger partial charge is 0.433 e. The number of benzene rings is 1. The molecule has 1 atom stereocenters. The molecular formula is C22H17F5N4O4. The van der Waals surface area contributed by atoms with Crippen LogP contribution in [0, 0.1) is 11.6 Å². The maximum Gasteiger partial charge on any atom is 0.433 e. The fourth-order valence-electron chi connectivity index (χ4n) is 3.92. The zero-order chi connectivity index (χ0) is 24.7. The van der Waals surface area contributed by atoms with Gasteiger partial charge in [-0.05, 0) is 23.8 Å². The van der Waals surface area contributed by atoms with Crippen LogP contribution in [0.5, 0.6) is 17.4 Å². The summed E-state index contributed by atoms with van der Waals surface area (Å²) in [5.41, 5.74) is -1.74. The molecule has 184 valence electrons. The number of aromatic nitrogens is 3. The maximum atomic E-state index is 14.5. The molecule has 0 unspecified atom stereocenters. The molecule has 13 heteroatoms. The van der Waals surface area contributed by atoms with Crippen molar-refractivity contribution in [2.45, 2.75) is 25.4 Å². The number of rotatable bonds is 5. The van der Waals surface area contributed by atoms with Crippen LogP contribution in [0.4, 0.5) is 27.8 Å². The predicted octanol–water partition coefficient (Wildman–Crippen LogP) is 3.53. The van der Waals surface area contributed by atoms with Gasteiger partial charge in [-0.3, -0.25) is 9.55 Å². The molecule has 1 aromatic carbocycles. The quantitative estimate of drug-likeness (QED) is 0.500. The second-order valence-electron chi connectivity index (χ2n) is 7.94. The van der Waals surface area contributed by atoms with Gasteiger partial charge in [0, 0.05) is 31.4 Å². The lowest BCUT2D eigenvalue weighted by Gasteiger charge is -2.40. The first kappa shape index (κ1) is 23.0. The van der Waals surface area contributed by atoms with Crippen LogP contribution in [0.1, 0.15) is 11.3 Å². The maximum absolute atomic E-state index is 14.5. The van der Waals surface area contributed by atoms with Crippen LogP contribution in [0.3, 0.4) is 0 Å². The third-order valence-electron chi connectivity index (χ3n) is 5.50. The Morgan fingerprint density at radius 3 is 2.63 bits per heavy atom. The van der Waals surface area contributed by atoms with Gasteiger partial charge in [-0.1, -0.05) is 0 Å². The van der Waals surface area contributed by atoms with Gasteiger partial charge in [0.25, 0.3) is 0 Å². The van der Waals surface area contributed by atoms with E-state index in [9.17, 15) is 26.7 Å². The first-order valence-electron chi connectivity index (χ1n) is 10.5. The zero-order valence-corrected chi connectivity index (χ0v) is 17.9. The number of nitrogens with zero attached hydrogens (tertiary/aromatic N) is 4. The molecule has 8 nitrogen and oxygen atoms in total. The molecule has 1 fully saturated rings. The van der Waals surface area contributed by atoms with Crippen molar-refractivity contribution in [3.8, 4) is 17.4 Å². The number of morpholine rings is 1. The van der Waals surface area contributed by atoms with E-state index in [-0.39, 0.29) is 24.2 Å². The Balaban J connectivity index is 1.32. The highest BCUT2D eigenvalue weighted by molar-refractivity contribution is 5.45. The summed E-state index contributed by atoms with van der Waals surface area (Å²) in [5, 5.41) is 0. The Bertz CT molecular complexity index is 1310. The topological polar surface area (TPSA) is 78.7 Å². The fourth-order valence-corrected chi connectivity index (χ4v) is 3.92. The van der Waals surface area contributed by atoms with E-state index in [0.717, 1.165) is 24.4 Å². The van der Waals surface area contributed by atoms with Gasteiger partial charge in [0.05, 0.1) is 19.3 Å². The van der Waals surface area contributed by atoms with Gasteiger partial charge in [-0.2, -0.15) is 18.2 Å². The van der Waals surface area contributed by atoms with Crippen molar-refractivity contribution < 1.29 is 36.2 Å². The van der Waals surface area contributed by atoms with Crippen LogP contribution >= 0.6 is 0 Å². The Hall–Kier alpha value is -3.74. The molecule has 2 bridgehead atoms. The Labute approximate surface area is 194 Å². The van der Waals surface area contributed by atoms with Crippen molar-refractivity contribution >= 4 is 5.82 Å². The van der Waals surface area contributed by atoms with E-state index < -0.39 is 40.7 Å². The van der Waals surface area contributed by atoms with Gasteiger partial charge >= 0.3 is 11.9 Å². The predicted molar refractivity (Wildman–Crippen MR) is 110 cm³/mol. The van der Waals surface area contributed by atoms with Crippen molar-refractivity contribution in [1.82, 2.24) is 14.5 Å². The first-order chi connectivity index (χ1) is 16.7. The van der Waals surface area contributed by atoms with Crippen molar-refractivity contribution in [2.24, 2.45) is 0 Å². The number of hydrogen-bond donors (Lipinski definition) is 0. The molecule has 0 radical (unpaired) electrons. The lowest BCUT2D eigenvalue weighted by atomic mass is 10.2. The first-order valence-corrected chi connectivity index (χ1v) is 10.5. The molecule has 0 N–H and O–H groups in total. The molecule has 0 spiro atoms. The minimum absolute atomic E-state index is 0.0104. The Kier molecular flexibility index (Phi) is 5.79. The molecule has 0 aliphatic carbocycles. The van der Waals surface area contributed by atoms with E-state index >= 15 is 0 Å². The van der Waals surface area contributed by atoms with Gasteiger partial charge in [0.15, 0.2) is 17.4 Å². The number of fused-ring (bicyclic) bond motifs is 4. The highest BCUT2D eigenvalue weighted by atomic mass is 19.4. The molecule has 35 heavy (non-hydrogen) atoms. The number of pyridine rings is 1. The van der Waals surface area contributed by atoms with E-state index in [4.69, 9.17) is 14.2 Å². The fraction of sp³-hybridized carbons (Fsp3) is 0.318. The minimum Gasteiger partial charge on any atom is -0.473 e. The van der Waals surface area contributed by atoms with E-state index in [2.05, 4.69) is 9.97 Å². The van der Waals surface area contributed by atoms with Crippen LogP contribution in [0.15, 0.2) is 41.3 Å². The summed E-state index contributed by atoms with van der Waals surface area (Å²) in [4.78, 5) is 21.4. The Morgan fingerprint density at radius 2 is 1.89 bits per heavy atom. The normalized spacial score (nSPS) is 17.2. The van der Waals surface area contributed by atoms with Crippen molar-refractivity contribution in [3.63, 3.8) is 0 Å². The second-order valence-corrected chi connectivity index (χ2v) is 7.94. The molecular weight excluding hydrogens is 479 g/mol. The molecule has 2 aromatic heterocycles. The van der Waals surface area contributed by atoms with E-state index in [1.807, 2.05) is 4.90 Å². The summed E-state index contributed by atoms with van der Waals surface area (Å²) >= 11 is 0. The van der Waals surface area contributed by atoms with Gasteiger partial charge in [-0.15, -0.1) is 0 Å². The number of halogens is 5. The van der Waals surface area contributed by atoms with Crippen LogP contribution in [0.25, 0.3) is 0 Å². The Morgan fingerprint density at radius 1 is 1.11 bits per heavy atom. The van der Waals surface area contributed by atoms with Crippen molar-refractivity contribution in [1.29, 1.82) is 0 Å². The molecule has 2 aliphatic rings. The van der Waals surface area contributed by atoms with Crippen LogP contribution < -0.4 is 20.1 Å². The molecule has 3 aromatic rings. The van der Waals surface area contributed by atoms with Gasteiger partial charge in [0.2, 0.25) is 5.88 Å². The number of hydrogen-bond acceptors (Lipinski definition) is 7. The third kappa shape index (κ3) is 4.76. The average Bonchev–Trinajstić information content (AvgIpc) is 2.81. The SMILES string of the molecule is O=c1nc(OCc2cc(F)c(Oc3ccnc(C(F)(F)F)c3)c(F)c2)cc2n1C[C@H]1CN2CCO1. The van der Waals surface area contributed by atoms with Crippen LogP contribution in [0.2, 0.25) is 0 Å². The highest BCUT2D eigenvalue weighted by Crippen LogP contribution is 2.33. The molecule has 5 rings (SSSR count). The van der Waals surface area contributed by atoms with Crippen molar-refractivity contribution in [3.05, 3.63) is 69.9 Å². The summed E-state index contributed by atoms with van der Waals surface area (Å²) < 4.78 is 85.1. The summed E-state index contributed by atoms with van der Waals surface area (Å²) in [5.74, 6) is -2.99. The van der Waals surface area contributed by atoms with Gasteiger partial charge in [-0.25, -0.2) is 13.6 Å². The number of alkyl halides is 3. The average molecular weight is 496 g/mol. The standard InChI is InChI=1S/C22H17F5N4O4/c23-15-5-12(6-16(24)20(15)35-13-1-2-28-17(7-13)22(25,26)27)11-34-18-8-19-30-3-4-33-14(9-30)10-31(19)21(32)29-18/h1-2,5-8,14H,3-4,9-11H2/t14-/m1/s1. The van der Waals surface area contributed by atoms with Crippen LogP contribution in [-0.4, -0.2) is 40.3 Å². The number of ether oxygens (including phenoxy) is 3. The van der Waals surface area contributed by atoms with Crippen LogP contribution in [-0.2, 0) is 24.1 Å². The summed E-state index contributed by atoms with van der Waals surface area (Å²) in [6.07, 6.45) is -4.02. The van der Waals surface area contributed by atoms with Gasteiger partial charge < -0.3 is 19.1 Å². The monoisotopic (exact) mass is 496 g/mol. The largest absolute Gasteiger partial charge is 0.473 e. The number of anilines is 1. The summed E-state index contributed by atoms with van der Waals surface area (Å²) in [6.45, 7) is 1.81. The third-order valence-corrected chi connectivity index (χ3v) is 5.50. The van der Waals surface area contributed by atoms with Crippen molar-refractivity contribution in [2.75, 3.05) is 24.6 Å². The lowest BCUT2D eigenvalue weighted by molar-refractivity contribution is -0.141. The van der Waals surface area contributed by atoms with E-state index in [1.165, 1.54) is 4.57 Å². The zero-order valence-electron chi connectivity index (χ0n) is 17.9. The summed E-state index contributed by atoms with van der Waals surface area (Å²) in [6, 6.07) is 4.99. The molecule has 0 amide bonds. The molecule has 2 aliphatic heterocycles. The van der Waals surface area contributed by atoms with Gasteiger partial charge in [0.1, 0.15) is 23.9 Å². The minimum atomic E-state index is -4.74. The van der Waals surface area contributed by atoms with E-state index in [1.54, 1.807) is 6.07 Å². The second kappa shape index (κ2) is 8.80. The lowest BCUT2D eigenvalue weighted by Crippen LogP contribution is -2.52. The summed E-state index contributed by atoms with van der Waals surface area (Å²) in [7, 11) is 0. The highest BCUT2D eigenvalue weighted by Gasteiger charge is 2.33. The molecule has 1 saturated heterocycles.